The van der Waals surface area contributed by atoms with Crippen molar-refractivity contribution >= 4 is 17.7 Å². The molecule has 0 saturated carbocycles. The topological polar surface area (TPSA) is 127 Å². The highest BCUT2D eigenvalue weighted by Crippen LogP contribution is 2.18. The minimum Gasteiger partial charge on any atom is -0.364 e. The summed E-state index contributed by atoms with van der Waals surface area (Å²) in [5, 5.41) is 13.7. The van der Waals surface area contributed by atoms with Crippen LogP contribution in [-0.4, -0.2) is 43.0 Å². The molecule has 0 aromatic carbocycles. The zero-order chi connectivity index (χ0) is 13.7. The Balaban J connectivity index is 2.32. The first-order valence-electron chi connectivity index (χ1n) is 5.85. The number of amides is 1. The van der Waals surface area contributed by atoms with Crippen molar-refractivity contribution in [1.29, 1.82) is 0 Å². The van der Waals surface area contributed by atoms with Gasteiger partial charge < -0.3 is 5.73 Å². The van der Waals surface area contributed by atoms with E-state index in [9.17, 15) is 4.79 Å². The summed E-state index contributed by atoms with van der Waals surface area (Å²) in [5.41, 5.74) is 5.29. The van der Waals surface area contributed by atoms with Crippen molar-refractivity contribution in [3.05, 3.63) is 18.1 Å². The first kappa shape index (κ1) is 12.9. The zero-order valence-corrected chi connectivity index (χ0v) is 10.4. The summed E-state index contributed by atoms with van der Waals surface area (Å²) in [6.07, 6.45) is 4.76. The SMILES string of the molecule is CCCCN(c1cncc(C(N)=O)n1)c1nn[nH]n1. The largest absolute Gasteiger partial charge is 0.364 e. The summed E-state index contributed by atoms with van der Waals surface area (Å²) < 4.78 is 0. The molecule has 100 valence electrons. The molecule has 0 aliphatic rings. The Hall–Kier alpha value is -2.58. The number of aromatic nitrogens is 6. The lowest BCUT2D eigenvalue weighted by Crippen LogP contribution is -2.23. The van der Waals surface area contributed by atoms with E-state index >= 15 is 0 Å². The molecule has 0 aliphatic heterocycles. The normalized spacial score (nSPS) is 10.4. The molecule has 9 nitrogen and oxygen atoms in total. The predicted molar refractivity (Wildman–Crippen MR) is 66.6 cm³/mol. The zero-order valence-electron chi connectivity index (χ0n) is 10.4. The quantitative estimate of drug-likeness (QED) is 0.751. The van der Waals surface area contributed by atoms with Crippen LogP contribution in [0.5, 0.6) is 0 Å². The highest BCUT2D eigenvalue weighted by Gasteiger charge is 2.16. The predicted octanol–water partition coefficient (Wildman–Crippen LogP) is 0.0268. The Bertz CT molecular complexity index is 540. The molecule has 2 rings (SSSR count). The van der Waals surface area contributed by atoms with Crippen molar-refractivity contribution in [3.63, 3.8) is 0 Å². The van der Waals surface area contributed by atoms with E-state index in [0.717, 1.165) is 12.8 Å². The van der Waals surface area contributed by atoms with Gasteiger partial charge in [0.1, 0.15) is 5.69 Å². The van der Waals surface area contributed by atoms with Crippen LogP contribution in [0.2, 0.25) is 0 Å². The molecule has 0 spiro atoms. The number of hydrogen-bond donors (Lipinski definition) is 2. The van der Waals surface area contributed by atoms with E-state index in [1.165, 1.54) is 12.4 Å². The van der Waals surface area contributed by atoms with Gasteiger partial charge in [-0.1, -0.05) is 18.4 Å². The maximum Gasteiger partial charge on any atom is 0.271 e. The highest BCUT2D eigenvalue weighted by atomic mass is 16.1. The van der Waals surface area contributed by atoms with Crippen LogP contribution in [-0.2, 0) is 0 Å². The van der Waals surface area contributed by atoms with E-state index in [1.807, 2.05) is 0 Å². The lowest BCUT2D eigenvalue weighted by molar-refractivity contribution is 0.0995. The fourth-order valence-corrected chi connectivity index (χ4v) is 1.51. The Morgan fingerprint density at radius 3 is 2.95 bits per heavy atom. The number of primary amides is 1. The van der Waals surface area contributed by atoms with Crippen LogP contribution in [0.15, 0.2) is 12.4 Å². The summed E-state index contributed by atoms with van der Waals surface area (Å²) in [6, 6.07) is 0. The average Bonchev–Trinajstić information content (AvgIpc) is 2.93. The molecule has 9 heteroatoms. The summed E-state index contributed by atoms with van der Waals surface area (Å²) in [6.45, 7) is 2.72. The molecule has 0 saturated heterocycles. The summed E-state index contributed by atoms with van der Waals surface area (Å²) >= 11 is 0. The second-order valence-corrected chi connectivity index (χ2v) is 3.84. The van der Waals surface area contributed by atoms with Crippen molar-refractivity contribution in [1.82, 2.24) is 30.6 Å². The van der Waals surface area contributed by atoms with Gasteiger partial charge in [-0.3, -0.25) is 14.7 Å². The van der Waals surface area contributed by atoms with Gasteiger partial charge in [-0.25, -0.2) is 4.98 Å². The third-order valence-electron chi connectivity index (χ3n) is 2.46. The Morgan fingerprint density at radius 2 is 2.32 bits per heavy atom. The molecule has 0 unspecified atom stereocenters. The number of carbonyl (C=O) groups excluding carboxylic acids is 1. The Labute approximate surface area is 109 Å². The number of aromatic amines is 1. The van der Waals surface area contributed by atoms with E-state index in [-0.39, 0.29) is 5.69 Å². The number of carbonyl (C=O) groups is 1. The summed E-state index contributed by atoms with van der Waals surface area (Å²) in [5.74, 6) is 0.216. The van der Waals surface area contributed by atoms with Gasteiger partial charge in [0.2, 0.25) is 0 Å². The van der Waals surface area contributed by atoms with E-state index < -0.39 is 5.91 Å². The standard InChI is InChI=1S/C10H14N8O/c1-2-3-4-18(10-14-16-17-15-10)8-6-12-5-7(13-8)9(11)19/h5-6H,2-4H2,1H3,(H2,11,19)(H,14,15,16,17). The minimum absolute atomic E-state index is 0.0995. The molecule has 0 atom stereocenters. The van der Waals surface area contributed by atoms with Gasteiger partial charge in [0, 0.05) is 6.54 Å². The third-order valence-corrected chi connectivity index (χ3v) is 2.46. The number of H-pyrrole nitrogens is 1. The van der Waals surface area contributed by atoms with Gasteiger partial charge in [0.05, 0.1) is 12.4 Å². The van der Waals surface area contributed by atoms with Gasteiger partial charge in [-0.15, -0.1) is 5.10 Å². The number of tetrazole rings is 1. The van der Waals surface area contributed by atoms with Gasteiger partial charge in [0.15, 0.2) is 5.82 Å². The molecule has 0 bridgehead atoms. The molecule has 1 amide bonds. The first-order chi connectivity index (χ1) is 9.22. The third kappa shape index (κ3) is 3.00. The second-order valence-electron chi connectivity index (χ2n) is 3.84. The van der Waals surface area contributed by atoms with Crippen LogP contribution in [0.4, 0.5) is 11.8 Å². The molecule has 2 aromatic heterocycles. The number of anilines is 2. The first-order valence-corrected chi connectivity index (χ1v) is 5.85. The van der Waals surface area contributed by atoms with Crippen molar-refractivity contribution in [2.45, 2.75) is 19.8 Å². The fraction of sp³-hybridized carbons (Fsp3) is 0.400. The summed E-state index contributed by atoms with van der Waals surface area (Å²) in [7, 11) is 0. The lowest BCUT2D eigenvalue weighted by Gasteiger charge is -2.18. The van der Waals surface area contributed by atoms with E-state index in [1.54, 1.807) is 4.90 Å². The van der Waals surface area contributed by atoms with Crippen LogP contribution in [0.1, 0.15) is 30.3 Å². The van der Waals surface area contributed by atoms with Crippen molar-refractivity contribution in [2.24, 2.45) is 5.73 Å². The van der Waals surface area contributed by atoms with Crippen LogP contribution in [0, 0.1) is 0 Å². The monoisotopic (exact) mass is 262 g/mol. The van der Waals surface area contributed by atoms with Crippen molar-refractivity contribution in [3.8, 4) is 0 Å². The molecule has 3 N–H and O–H groups in total. The van der Waals surface area contributed by atoms with E-state index in [4.69, 9.17) is 5.73 Å². The van der Waals surface area contributed by atoms with Gasteiger partial charge in [0.25, 0.3) is 11.9 Å². The van der Waals surface area contributed by atoms with Gasteiger partial charge in [-0.05, 0) is 11.6 Å². The maximum absolute atomic E-state index is 11.1. The number of unbranched alkanes of at least 4 members (excludes halogenated alkanes) is 1. The molecule has 0 fully saturated rings. The Kier molecular flexibility index (Phi) is 3.96. The minimum atomic E-state index is -0.627. The van der Waals surface area contributed by atoms with Crippen molar-refractivity contribution in [2.75, 3.05) is 11.4 Å². The van der Waals surface area contributed by atoms with Crippen molar-refractivity contribution < 1.29 is 4.79 Å². The molecule has 2 heterocycles. The second kappa shape index (κ2) is 5.85. The summed E-state index contributed by atoms with van der Waals surface area (Å²) in [4.78, 5) is 21.0. The van der Waals surface area contributed by atoms with E-state index in [0.29, 0.717) is 18.3 Å². The van der Waals surface area contributed by atoms with Crippen LogP contribution in [0.3, 0.4) is 0 Å². The molecular formula is C10H14N8O. The molecule has 0 radical (unpaired) electrons. The number of rotatable bonds is 6. The lowest BCUT2D eigenvalue weighted by atomic mass is 10.3. The highest BCUT2D eigenvalue weighted by molar-refractivity contribution is 5.90. The average molecular weight is 262 g/mol. The molecular weight excluding hydrogens is 248 g/mol. The maximum atomic E-state index is 11.1. The van der Waals surface area contributed by atoms with Gasteiger partial charge >= 0.3 is 0 Å². The van der Waals surface area contributed by atoms with Gasteiger partial charge in [-0.2, -0.15) is 5.21 Å². The number of nitrogens with zero attached hydrogens (tertiary/aromatic N) is 6. The van der Waals surface area contributed by atoms with Crippen LogP contribution >= 0.6 is 0 Å². The molecule has 2 aromatic rings. The Morgan fingerprint density at radius 1 is 1.47 bits per heavy atom. The van der Waals surface area contributed by atoms with Crippen LogP contribution in [0.25, 0.3) is 0 Å². The number of nitrogens with one attached hydrogen (secondary N) is 1. The smallest absolute Gasteiger partial charge is 0.271 e. The van der Waals surface area contributed by atoms with Crippen LogP contribution < -0.4 is 10.6 Å². The molecule has 19 heavy (non-hydrogen) atoms. The fourth-order valence-electron chi connectivity index (χ4n) is 1.51. The van der Waals surface area contributed by atoms with E-state index in [2.05, 4.69) is 37.5 Å². The number of hydrogen-bond acceptors (Lipinski definition) is 7. The number of nitrogens with two attached hydrogens (primary N) is 1. The molecule has 0 aliphatic carbocycles.